The van der Waals surface area contributed by atoms with Crippen LogP contribution in [0, 0.1) is 0 Å². The zero-order valence-electron chi connectivity index (χ0n) is 14.1. The van der Waals surface area contributed by atoms with E-state index in [4.69, 9.17) is 0 Å². The second kappa shape index (κ2) is 5.78. The van der Waals surface area contributed by atoms with Crippen LogP contribution in [0.3, 0.4) is 0 Å². The summed E-state index contributed by atoms with van der Waals surface area (Å²) < 4.78 is 2.23. The molecule has 0 radical (unpaired) electrons. The minimum Gasteiger partial charge on any atom is -0.507 e. The van der Waals surface area contributed by atoms with Gasteiger partial charge in [0, 0.05) is 28.2 Å². The third-order valence-electron chi connectivity index (χ3n) is 4.94. The molecular formula is C24H17NO. The number of para-hydroxylation sites is 2. The summed E-state index contributed by atoms with van der Waals surface area (Å²) in [6, 6.07) is 30.6. The topological polar surface area (TPSA) is 25.2 Å². The summed E-state index contributed by atoms with van der Waals surface area (Å²) in [5.41, 5.74) is 4.61. The van der Waals surface area contributed by atoms with Gasteiger partial charge in [0.25, 0.3) is 0 Å². The molecule has 0 aliphatic rings. The van der Waals surface area contributed by atoms with Crippen LogP contribution in [0.15, 0.2) is 97.2 Å². The maximum atomic E-state index is 10.2. The quantitative estimate of drug-likeness (QED) is 0.411. The third-order valence-corrected chi connectivity index (χ3v) is 4.94. The van der Waals surface area contributed by atoms with E-state index in [2.05, 4.69) is 65.4 Å². The van der Waals surface area contributed by atoms with Crippen molar-refractivity contribution in [1.29, 1.82) is 0 Å². The number of aromatic hydroxyl groups is 1. The average molecular weight is 335 g/mol. The van der Waals surface area contributed by atoms with Crippen molar-refractivity contribution in [3.05, 3.63) is 97.2 Å². The smallest absolute Gasteiger partial charge is 0.123 e. The number of fused-ring (bicyclic) bond motifs is 2. The average Bonchev–Trinajstić information content (AvgIpc) is 3.09. The number of phenols is 1. The summed E-state index contributed by atoms with van der Waals surface area (Å²) in [5.74, 6) is 0.316. The minimum atomic E-state index is 0.316. The van der Waals surface area contributed by atoms with Crippen molar-refractivity contribution in [2.75, 3.05) is 0 Å². The number of aromatic nitrogens is 1. The lowest BCUT2D eigenvalue weighted by Gasteiger charge is -2.07. The number of rotatable bonds is 2. The first-order valence-electron chi connectivity index (χ1n) is 8.69. The molecule has 1 heterocycles. The molecule has 1 N–H and O–H groups in total. The van der Waals surface area contributed by atoms with E-state index in [1.165, 1.54) is 16.5 Å². The molecule has 0 aliphatic carbocycles. The highest BCUT2D eigenvalue weighted by Gasteiger charge is 2.14. The first-order valence-corrected chi connectivity index (χ1v) is 8.69. The normalized spacial score (nSPS) is 11.2. The van der Waals surface area contributed by atoms with Crippen LogP contribution in [-0.4, -0.2) is 9.67 Å². The molecule has 4 aromatic carbocycles. The predicted octanol–water partition coefficient (Wildman–Crippen LogP) is 6.16. The lowest BCUT2D eigenvalue weighted by molar-refractivity contribution is 0.481. The second-order valence-corrected chi connectivity index (χ2v) is 6.44. The SMILES string of the molecule is Oc1ccc(-c2cn(-c3ccccc3)c3ccccc23)c2ccccc12. The van der Waals surface area contributed by atoms with Crippen LogP contribution in [0.25, 0.3) is 38.5 Å². The molecule has 5 aromatic rings. The molecule has 0 amide bonds. The van der Waals surface area contributed by atoms with Crippen LogP contribution in [-0.2, 0) is 0 Å². The first kappa shape index (κ1) is 14.8. The summed E-state index contributed by atoms with van der Waals surface area (Å²) in [6.07, 6.45) is 2.19. The standard InChI is InChI=1S/C24H17NO/c26-24-15-14-19(18-10-4-5-12-21(18)24)22-16-25(17-8-2-1-3-9-17)23-13-7-6-11-20(22)23/h1-16,26H. The highest BCUT2D eigenvalue weighted by atomic mass is 16.3. The lowest BCUT2D eigenvalue weighted by atomic mass is 9.97. The number of hydrogen-bond donors (Lipinski definition) is 1. The van der Waals surface area contributed by atoms with Crippen LogP contribution >= 0.6 is 0 Å². The van der Waals surface area contributed by atoms with Gasteiger partial charge in [-0.3, -0.25) is 0 Å². The minimum absolute atomic E-state index is 0.316. The van der Waals surface area contributed by atoms with E-state index in [9.17, 15) is 5.11 Å². The molecular weight excluding hydrogens is 318 g/mol. The monoisotopic (exact) mass is 335 g/mol. The Kier molecular flexibility index (Phi) is 3.29. The molecule has 0 atom stereocenters. The van der Waals surface area contributed by atoms with E-state index >= 15 is 0 Å². The van der Waals surface area contributed by atoms with Crippen molar-refractivity contribution in [2.24, 2.45) is 0 Å². The van der Waals surface area contributed by atoms with Crippen molar-refractivity contribution in [2.45, 2.75) is 0 Å². The number of phenolic OH excluding ortho intramolecular Hbond substituents is 1. The van der Waals surface area contributed by atoms with E-state index < -0.39 is 0 Å². The molecule has 0 aliphatic heterocycles. The summed E-state index contributed by atoms with van der Waals surface area (Å²) in [5, 5.41) is 13.4. The Morgan fingerprint density at radius 2 is 1.19 bits per heavy atom. The van der Waals surface area contributed by atoms with E-state index in [0.717, 1.165) is 22.0 Å². The fourth-order valence-electron chi connectivity index (χ4n) is 3.71. The molecule has 124 valence electrons. The summed E-state index contributed by atoms with van der Waals surface area (Å²) in [7, 11) is 0. The van der Waals surface area contributed by atoms with Crippen LogP contribution in [0.2, 0.25) is 0 Å². The molecule has 0 bridgehead atoms. The van der Waals surface area contributed by atoms with Crippen LogP contribution in [0.4, 0.5) is 0 Å². The predicted molar refractivity (Wildman–Crippen MR) is 108 cm³/mol. The Bertz CT molecular complexity index is 1240. The Hall–Kier alpha value is -3.52. The van der Waals surface area contributed by atoms with Crippen LogP contribution < -0.4 is 0 Å². The van der Waals surface area contributed by atoms with Crippen LogP contribution in [0.1, 0.15) is 0 Å². The fourth-order valence-corrected chi connectivity index (χ4v) is 3.71. The van der Waals surface area contributed by atoms with Gasteiger partial charge in [-0.2, -0.15) is 0 Å². The zero-order chi connectivity index (χ0) is 17.5. The molecule has 26 heavy (non-hydrogen) atoms. The highest BCUT2D eigenvalue weighted by molar-refractivity contribution is 6.07. The molecule has 2 nitrogen and oxygen atoms in total. The summed E-state index contributed by atoms with van der Waals surface area (Å²) in [4.78, 5) is 0. The molecule has 0 spiro atoms. The second-order valence-electron chi connectivity index (χ2n) is 6.44. The third kappa shape index (κ3) is 2.20. The van der Waals surface area contributed by atoms with Gasteiger partial charge in [0.1, 0.15) is 5.75 Å². The molecule has 0 saturated carbocycles. The summed E-state index contributed by atoms with van der Waals surface area (Å²) >= 11 is 0. The van der Waals surface area contributed by atoms with Gasteiger partial charge < -0.3 is 9.67 Å². The number of benzene rings is 4. The van der Waals surface area contributed by atoms with Gasteiger partial charge in [0.2, 0.25) is 0 Å². The Balaban J connectivity index is 1.86. The first-order chi connectivity index (χ1) is 12.8. The van der Waals surface area contributed by atoms with Crippen molar-refractivity contribution in [3.8, 4) is 22.6 Å². The Morgan fingerprint density at radius 3 is 2.00 bits per heavy atom. The van der Waals surface area contributed by atoms with Gasteiger partial charge in [-0.05, 0) is 41.3 Å². The van der Waals surface area contributed by atoms with E-state index in [1.54, 1.807) is 6.07 Å². The van der Waals surface area contributed by atoms with Gasteiger partial charge >= 0.3 is 0 Å². The largest absolute Gasteiger partial charge is 0.507 e. The van der Waals surface area contributed by atoms with Gasteiger partial charge in [-0.1, -0.05) is 60.7 Å². The zero-order valence-corrected chi connectivity index (χ0v) is 14.1. The summed E-state index contributed by atoms with van der Waals surface area (Å²) in [6.45, 7) is 0. The Morgan fingerprint density at radius 1 is 0.538 bits per heavy atom. The van der Waals surface area contributed by atoms with Gasteiger partial charge in [-0.15, -0.1) is 0 Å². The number of nitrogens with zero attached hydrogens (tertiary/aromatic N) is 1. The molecule has 0 fully saturated rings. The van der Waals surface area contributed by atoms with Crippen molar-refractivity contribution >= 4 is 21.7 Å². The highest BCUT2D eigenvalue weighted by Crippen LogP contribution is 2.38. The lowest BCUT2D eigenvalue weighted by Crippen LogP contribution is -1.90. The molecule has 0 unspecified atom stereocenters. The van der Waals surface area contributed by atoms with Gasteiger partial charge in [0.15, 0.2) is 0 Å². The molecule has 2 heteroatoms. The number of hydrogen-bond acceptors (Lipinski definition) is 1. The van der Waals surface area contributed by atoms with Crippen molar-refractivity contribution < 1.29 is 5.11 Å². The van der Waals surface area contributed by atoms with Gasteiger partial charge in [-0.25, -0.2) is 0 Å². The molecule has 0 saturated heterocycles. The molecule has 5 rings (SSSR count). The van der Waals surface area contributed by atoms with Crippen molar-refractivity contribution in [3.63, 3.8) is 0 Å². The van der Waals surface area contributed by atoms with E-state index in [0.29, 0.717) is 5.75 Å². The Labute approximate surface area is 151 Å². The maximum absolute atomic E-state index is 10.2. The van der Waals surface area contributed by atoms with Crippen LogP contribution in [0.5, 0.6) is 5.75 Å². The fraction of sp³-hybridized carbons (Fsp3) is 0. The van der Waals surface area contributed by atoms with Gasteiger partial charge in [0.05, 0.1) is 5.52 Å². The van der Waals surface area contributed by atoms with Crippen molar-refractivity contribution in [1.82, 2.24) is 4.57 Å². The van der Waals surface area contributed by atoms with E-state index in [1.807, 2.05) is 30.3 Å². The maximum Gasteiger partial charge on any atom is 0.123 e. The van der Waals surface area contributed by atoms with E-state index in [-0.39, 0.29) is 0 Å². The molecule has 1 aromatic heterocycles.